The fourth-order valence-electron chi connectivity index (χ4n) is 1.18. The quantitative estimate of drug-likeness (QED) is 0.753. The van der Waals surface area contributed by atoms with Gasteiger partial charge in [-0.05, 0) is 18.6 Å². The molecule has 13 heavy (non-hydrogen) atoms. The van der Waals surface area contributed by atoms with Gasteiger partial charge in [-0.2, -0.15) is 0 Å². The lowest BCUT2D eigenvalue weighted by molar-refractivity contribution is 0.150. The zero-order chi connectivity index (χ0) is 9.52. The molecule has 1 atom stereocenters. The summed E-state index contributed by atoms with van der Waals surface area (Å²) < 4.78 is 5.64. The molecule has 0 aromatic heterocycles. The second-order valence-corrected chi connectivity index (χ2v) is 2.97. The smallest absolute Gasteiger partial charge is 0.119 e. The maximum absolute atomic E-state index is 8.77. The van der Waals surface area contributed by atoms with Crippen molar-refractivity contribution >= 4 is 0 Å². The summed E-state index contributed by atoms with van der Waals surface area (Å²) in [6, 6.07) is 9.71. The molecule has 0 amide bonds. The molecule has 0 saturated heterocycles. The molecule has 1 unspecified atom stereocenters. The van der Waals surface area contributed by atoms with E-state index in [1.165, 1.54) is 0 Å². The van der Waals surface area contributed by atoms with Gasteiger partial charge in [0.2, 0.25) is 0 Å². The maximum atomic E-state index is 8.77. The first-order valence-electron chi connectivity index (χ1n) is 4.69. The number of benzene rings is 1. The summed E-state index contributed by atoms with van der Waals surface area (Å²) in [7, 11) is 0. The van der Waals surface area contributed by atoms with Gasteiger partial charge < -0.3 is 9.84 Å². The predicted molar refractivity (Wildman–Crippen MR) is 52.9 cm³/mol. The topological polar surface area (TPSA) is 29.5 Å². The van der Waals surface area contributed by atoms with Crippen molar-refractivity contribution in [2.45, 2.75) is 25.9 Å². The number of aliphatic hydroxyl groups excluding tert-OH is 1. The van der Waals surface area contributed by atoms with Gasteiger partial charge in [0.1, 0.15) is 11.9 Å². The van der Waals surface area contributed by atoms with Crippen molar-refractivity contribution in [1.29, 1.82) is 0 Å². The Kier molecular flexibility index (Phi) is 4.33. The van der Waals surface area contributed by atoms with E-state index in [9.17, 15) is 0 Å². The molecule has 1 rings (SSSR count). The monoisotopic (exact) mass is 180 g/mol. The summed E-state index contributed by atoms with van der Waals surface area (Å²) in [5.74, 6) is 0.878. The van der Waals surface area contributed by atoms with Crippen molar-refractivity contribution < 1.29 is 9.84 Å². The molecule has 0 saturated carbocycles. The van der Waals surface area contributed by atoms with Crippen molar-refractivity contribution in [1.82, 2.24) is 0 Å². The van der Waals surface area contributed by atoms with Crippen LogP contribution in [0.4, 0.5) is 0 Å². The Morgan fingerprint density at radius 2 is 2.00 bits per heavy atom. The fourth-order valence-corrected chi connectivity index (χ4v) is 1.18. The standard InChI is InChI=1S/C11H16O2/c1-2-10(8-9-12)13-11-6-4-3-5-7-11/h3-7,10,12H,2,8-9H2,1H3. The Balaban J connectivity index is 2.46. The van der Waals surface area contributed by atoms with Crippen LogP contribution in [0.25, 0.3) is 0 Å². The van der Waals surface area contributed by atoms with Gasteiger partial charge >= 0.3 is 0 Å². The van der Waals surface area contributed by atoms with E-state index in [4.69, 9.17) is 9.84 Å². The Morgan fingerprint density at radius 1 is 1.31 bits per heavy atom. The number of hydrogen-bond acceptors (Lipinski definition) is 2. The third-order valence-corrected chi connectivity index (χ3v) is 1.95. The molecule has 72 valence electrons. The van der Waals surface area contributed by atoms with E-state index < -0.39 is 0 Å². The van der Waals surface area contributed by atoms with E-state index in [2.05, 4.69) is 6.92 Å². The van der Waals surface area contributed by atoms with Gasteiger partial charge in [-0.25, -0.2) is 0 Å². The van der Waals surface area contributed by atoms with Crippen LogP contribution < -0.4 is 4.74 Å². The Labute approximate surface area is 79.2 Å². The third kappa shape index (κ3) is 3.47. The first kappa shape index (κ1) is 10.1. The number of aliphatic hydroxyl groups is 1. The molecule has 0 fully saturated rings. The molecule has 2 nitrogen and oxygen atoms in total. The molecule has 0 aliphatic heterocycles. The van der Waals surface area contributed by atoms with E-state index >= 15 is 0 Å². The fraction of sp³-hybridized carbons (Fsp3) is 0.455. The summed E-state index contributed by atoms with van der Waals surface area (Å²) in [5, 5.41) is 8.77. The first-order chi connectivity index (χ1) is 6.36. The molecule has 1 aromatic carbocycles. The number of ether oxygens (including phenoxy) is 1. The van der Waals surface area contributed by atoms with Gasteiger partial charge in [0, 0.05) is 13.0 Å². The minimum atomic E-state index is 0.132. The van der Waals surface area contributed by atoms with Gasteiger partial charge in [-0.1, -0.05) is 25.1 Å². The van der Waals surface area contributed by atoms with Crippen LogP contribution in [0.5, 0.6) is 5.75 Å². The molecule has 0 spiro atoms. The zero-order valence-corrected chi connectivity index (χ0v) is 7.94. The molecule has 2 heteroatoms. The normalized spacial score (nSPS) is 12.5. The van der Waals surface area contributed by atoms with E-state index in [0.29, 0.717) is 6.42 Å². The Bertz CT molecular complexity index is 221. The maximum Gasteiger partial charge on any atom is 0.119 e. The average Bonchev–Trinajstić information content (AvgIpc) is 2.19. The summed E-state index contributed by atoms with van der Waals surface area (Å²) in [6.07, 6.45) is 1.76. The number of hydrogen-bond donors (Lipinski definition) is 1. The molecule has 0 radical (unpaired) electrons. The summed E-state index contributed by atoms with van der Waals surface area (Å²) in [6.45, 7) is 2.24. The summed E-state index contributed by atoms with van der Waals surface area (Å²) >= 11 is 0. The largest absolute Gasteiger partial charge is 0.490 e. The highest BCUT2D eigenvalue weighted by molar-refractivity contribution is 5.21. The van der Waals surface area contributed by atoms with Gasteiger partial charge in [0.05, 0.1) is 0 Å². The minimum Gasteiger partial charge on any atom is -0.490 e. The van der Waals surface area contributed by atoms with Crippen LogP contribution in [-0.2, 0) is 0 Å². The molecule has 0 aliphatic carbocycles. The highest BCUT2D eigenvalue weighted by atomic mass is 16.5. The third-order valence-electron chi connectivity index (χ3n) is 1.95. The number of rotatable bonds is 5. The SMILES string of the molecule is CCC(CCO)Oc1ccccc1. The van der Waals surface area contributed by atoms with Crippen molar-refractivity contribution in [3.63, 3.8) is 0 Å². The number of para-hydroxylation sites is 1. The molecular formula is C11H16O2. The van der Waals surface area contributed by atoms with E-state index in [-0.39, 0.29) is 12.7 Å². The van der Waals surface area contributed by atoms with Crippen LogP contribution in [0.3, 0.4) is 0 Å². The summed E-state index contributed by atoms with van der Waals surface area (Å²) in [5.41, 5.74) is 0. The van der Waals surface area contributed by atoms with Crippen molar-refractivity contribution in [3.05, 3.63) is 30.3 Å². The zero-order valence-electron chi connectivity index (χ0n) is 7.94. The van der Waals surface area contributed by atoms with E-state index in [1.54, 1.807) is 0 Å². The highest BCUT2D eigenvalue weighted by Crippen LogP contribution is 2.13. The molecule has 0 bridgehead atoms. The van der Waals surface area contributed by atoms with E-state index in [0.717, 1.165) is 12.2 Å². The van der Waals surface area contributed by atoms with Crippen LogP contribution in [0.1, 0.15) is 19.8 Å². The molecule has 0 heterocycles. The lowest BCUT2D eigenvalue weighted by Gasteiger charge is -2.15. The van der Waals surface area contributed by atoms with Gasteiger partial charge in [-0.3, -0.25) is 0 Å². The average molecular weight is 180 g/mol. The molecule has 1 N–H and O–H groups in total. The lowest BCUT2D eigenvalue weighted by Crippen LogP contribution is -2.16. The van der Waals surface area contributed by atoms with Gasteiger partial charge in [-0.15, -0.1) is 0 Å². The molecule has 1 aromatic rings. The second kappa shape index (κ2) is 5.60. The highest BCUT2D eigenvalue weighted by Gasteiger charge is 2.05. The Hall–Kier alpha value is -1.02. The van der Waals surface area contributed by atoms with Gasteiger partial charge in [0.25, 0.3) is 0 Å². The van der Waals surface area contributed by atoms with Crippen LogP contribution >= 0.6 is 0 Å². The van der Waals surface area contributed by atoms with Crippen molar-refractivity contribution in [2.75, 3.05) is 6.61 Å². The first-order valence-corrected chi connectivity index (χ1v) is 4.69. The van der Waals surface area contributed by atoms with Crippen LogP contribution in [-0.4, -0.2) is 17.8 Å². The van der Waals surface area contributed by atoms with Crippen LogP contribution in [0.2, 0.25) is 0 Å². The minimum absolute atomic E-state index is 0.132. The molecular weight excluding hydrogens is 164 g/mol. The van der Waals surface area contributed by atoms with Crippen molar-refractivity contribution in [2.24, 2.45) is 0 Å². The predicted octanol–water partition coefficient (Wildman–Crippen LogP) is 2.23. The lowest BCUT2D eigenvalue weighted by atomic mass is 10.2. The van der Waals surface area contributed by atoms with Crippen LogP contribution in [0.15, 0.2) is 30.3 Å². The molecule has 0 aliphatic rings. The van der Waals surface area contributed by atoms with Gasteiger partial charge in [0.15, 0.2) is 0 Å². The van der Waals surface area contributed by atoms with E-state index in [1.807, 2.05) is 30.3 Å². The summed E-state index contributed by atoms with van der Waals surface area (Å²) in [4.78, 5) is 0. The second-order valence-electron chi connectivity index (χ2n) is 2.97. The Morgan fingerprint density at radius 3 is 2.54 bits per heavy atom. The van der Waals surface area contributed by atoms with Crippen LogP contribution in [0, 0.1) is 0 Å². The van der Waals surface area contributed by atoms with Crippen molar-refractivity contribution in [3.8, 4) is 5.75 Å².